The van der Waals surface area contributed by atoms with Gasteiger partial charge in [0.2, 0.25) is 0 Å². The molecule has 0 saturated carbocycles. The van der Waals surface area contributed by atoms with E-state index in [9.17, 15) is 0 Å². The average molecular weight is 260 g/mol. The lowest BCUT2D eigenvalue weighted by molar-refractivity contribution is 1.37. The van der Waals surface area contributed by atoms with Crippen LogP contribution < -0.4 is 0 Å². The summed E-state index contributed by atoms with van der Waals surface area (Å²) in [6, 6.07) is 22.2. The van der Waals surface area contributed by atoms with E-state index in [1.54, 1.807) is 11.3 Å². The van der Waals surface area contributed by atoms with Gasteiger partial charge in [-0.3, -0.25) is 0 Å². The first-order valence-corrected chi connectivity index (χ1v) is 6.98. The summed E-state index contributed by atoms with van der Waals surface area (Å²) < 4.78 is 1.26. The van der Waals surface area contributed by atoms with Crippen LogP contribution in [0.2, 0.25) is 0 Å². The summed E-state index contributed by atoms with van der Waals surface area (Å²) in [6.07, 6.45) is 1.87. The zero-order valence-electron chi connectivity index (χ0n) is 10.1. The molecule has 0 radical (unpaired) electrons. The van der Waals surface area contributed by atoms with Gasteiger partial charge in [0.1, 0.15) is 0 Å². The fraction of sp³-hybridized carbons (Fsp3) is 0. The summed E-state index contributed by atoms with van der Waals surface area (Å²) in [6.45, 7) is 0. The molecule has 2 aromatic carbocycles. The normalized spacial score (nSPS) is 11.2. The first kappa shape index (κ1) is 10.7. The third-order valence-electron chi connectivity index (χ3n) is 3.24. The van der Waals surface area contributed by atoms with E-state index >= 15 is 0 Å². The Morgan fingerprint density at radius 3 is 2.68 bits per heavy atom. The van der Waals surface area contributed by atoms with E-state index in [4.69, 9.17) is 0 Å². The van der Waals surface area contributed by atoms with Crippen LogP contribution in [-0.4, -0.2) is 4.98 Å². The molecule has 2 heteroatoms. The van der Waals surface area contributed by atoms with Crippen LogP contribution in [0.1, 0.15) is 0 Å². The number of nitrogens with zero attached hydrogens (tertiary/aromatic N) is 1. The largest absolute Gasteiger partial charge is 0.302 e. The van der Waals surface area contributed by atoms with Gasteiger partial charge in [0.25, 0.3) is 0 Å². The molecule has 4 rings (SSSR count). The molecule has 0 aliphatic carbocycles. The zero-order valence-corrected chi connectivity index (χ0v) is 10.9. The molecule has 0 amide bonds. The molecule has 90 valence electrons. The molecule has 4 aromatic rings. The molecule has 0 atom stereocenters. The van der Waals surface area contributed by atoms with E-state index in [0.717, 1.165) is 16.0 Å². The van der Waals surface area contributed by atoms with E-state index < -0.39 is 0 Å². The second-order valence-corrected chi connectivity index (χ2v) is 5.49. The molecule has 0 aliphatic rings. The molecule has 0 fully saturated rings. The second-order valence-electron chi connectivity index (χ2n) is 4.43. The Balaban J connectivity index is 2.03. The van der Waals surface area contributed by atoms with Crippen LogP contribution in [-0.2, 0) is 0 Å². The lowest BCUT2D eigenvalue weighted by Crippen LogP contribution is -1.82. The van der Waals surface area contributed by atoms with E-state index in [-0.39, 0.29) is 0 Å². The number of aromatic nitrogens is 1. The summed E-state index contributed by atoms with van der Waals surface area (Å²) in [5.41, 5.74) is 1.03. The minimum atomic E-state index is 1.03. The number of hydrogen-bond donors (Lipinski definition) is 0. The van der Waals surface area contributed by atoms with Crippen LogP contribution in [0.25, 0.3) is 31.4 Å². The minimum absolute atomic E-state index is 1.03. The highest BCUT2D eigenvalue weighted by Gasteiger charge is 2.02. The van der Waals surface area contributed by atoms with Crippen molar-refractivity contribution in [3.8, 4) is 10.6 Å². The van der Waals surface area contributed by atoms with Crippen LogP contribution in [0, 0.1) is 6.07 Å². The van der Waals surface area contributed by atoms with Crippen LogP contribution in [0.4, 0.5) is 0 Å². The highest BCUT2D eigenvalue weighted by atomic mass is 32.1. The van der Waals surface area contributed by atoms with Gasteiger partial charge in [0.15, 0.2) is 0 Å². The molecular formula is C17H10NS-. The molecule has 0 aliphatic heterocycles. The van der Waals surface area contributed by atoms with E-state index in [1.807, 2.05) is 18.3 Å². The molecule has 2 heterocycles. The molecular weight excluding hydrogens is 250 g/mol. The molecule has 1 nitrogen and oxygen atoms in total. The summed E-state index contributed by atoms with van der Waals surface area (Å²) in [7, 11) is 0. The average Bonchev–Trinajstić information content (AvgIpc) is 2.90. The Labute approximate surface area is 115 Å². The molecule has 0 bridgehead atoms. The smallest absolute Gasteiger partial charge is 0.0167 e. The van der Waals surface area contributed by atoms with Crippen molar-refractivity contribution in [2.24, 2.45) is 0 Å². The minimum Gasteiger partial charge on any atom is -0.302 e. The van der Waals surface area contributed by atoms with Crippen molar-refractivity contribution < 1.29 is 0 Å². The third kappa shape index (κ3) is 1.72. The number of fused-ring (bicyclic) bond motifs is 2. The Morgan fingerprint density at radius 1 is 0.895 bits per heavy atom. The van der Waals surface area contributed by atoms with Crippen LogP contribution >= 0.6 is 11.3 Å². The van der Waals surface area contributed by atoms with Crippen molar-refractivity contribution in [3.05, 3.63) is 66.9 Å². The molecule has 0 N–H and O–H groups in total. The van der Waals surface area contributed by atoms with Crippen molar-refractivity contribution in [2.45, 2.75) is 0 Å². The quantitative estimate of drug-likeness (QED) is 0.443. The van der Waals surface area contributed by atoms with Gasteiger partial charge in [-0.05, 0) is 26.4 Å². The van der Waals surface area contributed by atoms with Gasteiger partial charge in [-0.15, -0.1) is 23.6 Å². The number of hydrogen-bond acceptors (Lipinski definition) is 2. The lowest BCUT2D eigenvalue weighted by Gasteiger charge is -2.07. The standard InChI is InChI=1S/C17H10NS/c1-3-7-14-12(5-1)9-10-18-17(14)16-11-13-6-2-4-8-15(13)19-16/h1-10H/q-1. The summed E-state index contributed by atoms with van der Waals surface area (Å²) >= 11 is 1.75. The SMILES string of the molecule is [c-]1c(-c2nccc3ccccc23)sc2ccccc12. The summed E-state index contributed by atoms with van der Waals surface area (Å²) in [5.74, 6) is 0. The predicted octanol–water partition coefficient (Wildman–Crippen LogP) is 4.92. The van der Waals surface area contributed by atoms with Crippen molar-refractivity contribution >= 4 is 32.2 Å². The molecule has 0 unspecified atom stereocenters. The zero-order chi connectivity index (χ0) is 12.7. The van der Waals surface area contributed by atoms with Crippen LogP contribution in [0.5, 0.6) is 0 Å². The predicted molar refractivity (Wildman–Crippen MR) is 81.4 cm³/mol. The molecule has 2 aromatic heterocycles. The topological polar surface area (TPSA) is 12.9 Å². The lowest BCUT2D eigenvalue weighted by atomic mass is 10.1. The Hall–Kier alpha value is -2.19. The highest BCUT2D eigenvalue weighted by molar-refractivity contribution is 7.22. The Bertz CT molecular complexity index is 838. The highest BCUT2D eigenvalue weighted by Crippen LogP contribution is 2.34. The van der Waals surface area contributed by atoms with Gasteiger partial charge in [0, 0.05) is 11.9 Å². The van der Waals surface area contributed by atoms with Crippen molar-refractivity contribution in [1.29, 1.82) is 0 Å². The number of thiophene rings is 1. The second kappa shape index (κ2) is 4.18. The number of pyridine rings is 1. The van der Waals surface area contributed by atoms with E-state index in [2.05, 4.69) is 53.5 Å². The van der Waals surface area contributed by atoms with Crippen LogP contribution in [0.15, 0.2) is 60.8 Å². The van der Waals surface area contributed by atoms with E-state index in [1.165, 1.54) is 15.5 Å². The number of benzene rings is 2. The maximum Gasteiger partial charge on any atom is 0.0167 e. The van der Waals surface area contributed by atoms with E-state index in [0.29, 0.717) is 0 Å². The Kier molecular flexibility index (Phi) is 2.35. The molecule has 0 saturated heterocycles. The first-order chi connectivity index (χ1) is 9.42. The van der Waals surface area contributed by atoms with Gasteiger partial charge in [-0.2, -0.15) is 0 Å². The molecule has 19 heavy (non-hydrogen) atoms. The monoisotopic (exact) mass is 260 g/mol. The fourth-order valence-electron chi connectivity index (χ4n) is 2.32. The van der Waals surface area contributed by atoms with Crippen molar-refractivity contribution in [3.63, 3.8) is 0 Å². The number of rotatable bonds is 1. The first-order valence-electron chi connectivity index (χ1n) is 6.17. The summed E-state index contributed by atoms with van der Waals surface area (Å²) in [5, 5.41) is 3.57. The van der Waals surface area contributed by atoms with Gasteiger partial charge in [0.05, 0.1) is 0 Å². The maximum absolute atomic E-state index is 4.55. The summed E-state index contributed by atoms with van der Waals surface area (Å²) in [4.78, 5) is 5.66. The van der Waals surface area contributed by atoms with Crippen molar-refractivity contribution in [2.75, 3.05) is 0 Å². The maximum atomic E-state index is 4.55. The van der Waals surface area contributed by atoms with Crippen molar-refractivity contribution in [1.82, 2.24) is 4.98 Å². The fourth-order valence-corrected chi connectivity index (χ4v) is 3.34. The van der Waals surface area contributed by atoms with Gasteiger partial charge in [-0.1, -0.05) is 36.4 Å². The third-order valence-corrected chi connectivity index (χ3v) is 4.31. The van der Waals surface area contributed by atoms with Gasteiger partial charge < -0.3 is 4.98 Å². The van der Waals surface area contributed by atoms with Crippen LogP contribution in [0.3, 0.4) is 0 Å². The Morgan fingerprint density at radius 2 is 1.74 bits per heavy atom. The van der Waals surface area contributed by atoms with Gasteiger partial charge >= 0.3 is 0 Å². The molecule has 0 spiro atoms. The van der Waals surface area contributed by atoms with Gasteiger partial charge in [-0.25, -0.2) is 11.3 Å².